The highest BCUT2D eigenvalue weighted by atomic mass is 16.5. The number of nitrogens with zero attached hydrogens (tertiary/aromatic N) is 6. The Bertz CT molecular complexity index is 1130. The fourth-order valence-electron chi connectivity index (χ4n) is 4.07. The maximum absolute atomic E-state index is 13.1. The molecular weight excluding hydrogens is 408 g/mol. The van der Waals surface area contributed by atoms with Crippen molar-refractivity contribution in [2.75, 3.05) is 20.2 Å². The first-order chi connectivity index (χ1) is 15.4. The van der Waals surface area contributed by atoms with E-state index in [9.17, 15) is 9.59 Å². The zero-order valence-corrected chi connectivity index (χ0v) is 18.6. The smallest absolute Gasteiger partial charge is 0.293 e. The second kappa shape index (κ2) is 8.78. The molecule has 1 aliphatic heterocycles. The Morgan fingerprint density at radius 1 is 1.03 bits per heavy atom. The molecule has 32 heavy (non-hydrogen) atoms. The Labute approximate surface area is 186 Å². The molecule has 1 fully saturated rings. The van der Waals surface area contributed by atoms with Crippen molar-refractivity contribution in [1.29, 1.82) is 0 Å². The highest BCUT2D eigenvalue weighted by Crippen LogP contribution is 2.21. The van der Waals surface area contributed by atoms with E-state index >= 15 is 0 Å². The van der Waals surface area contributed by atoms with Crippen LogP contribution in [0.25, 0.3) is 5.69 Å². The molecule has 166 valence electrons. The number of ether oxygens (including phenoxy) is 1. The Morgan fingerprint density at radius 2 is 1.75 bits per heavy atom. The molecule has 2 amide bonds. The number of piperazine rings is 1. The molecule has 1 saturated heterocycles. The number of hydrogen-bond donors (Lipinski definition) is 0. The number of hydrogen-bond acceptors (Lipinski definition) is 6. The number of amides is 2. The fourth-order valence-corrected chi connectivity index (χ4v) is 4.07. The molecule has 3 heterocycles. The first-order valence-corrected chi connectivity index (χ1v) is 10.5. The molecule has 9 heteroatoms. The van der Waals surface area contributed by atoms with E-state index in [0.717, 1.165) is 11.3 Å². The highest BCUT2D eigenvalue weighted by molar-refractivity contribution is 5.94. The van der Waals surface area contributed by atoms with Gasteiger partial charge in [-0.25, -0.2) is 14.6 Å². The third kappa shape index (κ3) is 4.18. The van der Waals surface area contributed by atoms with Crippen molar-refractivity contribution in [1.82, 2.24) is 29.5 Å². The number of carbonyl (C=O) groups is 2. The van der Waals surface area contributed by atoms with E-state index in [1.165, 1.54) is 7.11 Å². The Balaban J connectivity index is 1.48. The van der Waals surface area contributed by atoms with Crippen molar-refractivity contribution in [2.45, 2.75) is 32.9 Å². The van der Waals surface area contributed by atoms with Crippen LogP contribution in [0.5, 0.6) is 5.88 Å². The molecule has 1 aliphatic rings. The lowest BCUT2D eigenvalue weighted by atomic mass is 10.1. The number of methoxy groups -OCH3 is 1. The lowest BCUT2D eigenvalue weighted by Crippen LogP contribution is -2.60. The monoisotopic (exact) mass is 434 g/mol. The standard InChI is InChI=1S/C23H26N6O3/c1-15-7-5-8-18(11-15)28-14-24-21(26-28)23(31)27-12-16(2)29(17(3)13-27)22(30)19-9-6-10-20(25-19)32-4/h5-11,14,16-17H,12-13H2,1-4H3. The second-order valence-corrected chi connectivity index (χ2v) is 8.04. The Kier molecular flexibility index (Phi) is 5.89. The molecule has 0 bridgehead atoms. The van der Waals surface area contributed by atoms with Crippen LogP contribution in [0.3, 0.4) is 0 Å². The zero-order valence-electron chi connectivity index (χ0n) is 18.6. The van der Waals surface area contributed by atoms with Crippen LogP contribution < -0.4 is 4.74 Å². The minimum absolute atomic E-state index is 0.139. The molecule has 2 atom stereocenters. The molecule has 0 spiro atoms. The van der Waals surface area contributed by atoms with Crippen molar-refractivity contribution >= 4 is 11.8 Å². The van der Waals surface area contributed by atoms with Gasteiger partial charge in [-0.3, -0.25) is 9.59 Å². The highest BCUT2D eigenvalue weighted by Gasteiger charge is 2.36. The van der Waals surface area contributed by atoms with E-state index < -0.39 is 0 Å². The molecule has 3 aromatic rings. The average molecular weight is 435 g/mol. The van der Waals surface area contributed by atoms with Crippen LogP contribution in [-0.4, -0.2) is 73.6 Å². The SMILES string of the molecule is COc1cccc(C(=O)N2C(C)CN(C(=O)c3ncn(-c4cccc(C)c4)n3)CC2C)n1. The van der Waals surface area contributed by atoms with Gasteiger partial charge in [0, 0.05) is 31.2 Å². The summed E-state index contributed by atoms with van der Waals surface area (Å²) >= 11 is 0. The summed E-state index contributed by atoms with van der Waals surface area (Å²) in [5.74, 6) is 0.0972. The van der Waals surface area contributed by atoms with Crippen molar-refractivity contribution in [3.8, 4) is 11.6 Å². The first-order valence-electron chi connectivity index (χ1n) is 10.5. The van der Waals surface area contributed by atoms with Gasteiger partial charge in [-0.05, 0) is 44.5 Å². The number of rotatable bonds is 4. The molecule has 2 aromatic heterocycles. The topological polar surface area (TPSA) is 93.5 Å². The van der Waals surface area contributed by atoms with Gasteiger partial charge in [0.25, 0.3) is 11.8 Å². The number of benzene rings is 1. The predicted octanol–water partition coefficient (Wildman–Crippen LogP) is 2.35. The van der Waals surface area contributed by atoms with E-state index in [0.29, 0.717) is 24.7 Å². The summed E-state index contributed by atoms with van der Waals surface area (Å²) in [6, 6.07) is 12.5. The minimum atomic E-state index is -0.248. The van der Waals surface area contributed by atoms with Crippen molar-refractivity contribution in [2.24, 2.45) is 0 Å². The third-order valence-electron chi connectivity index (χ3n) is 5.54. The number of pyridine rings is 1. The van der Waals surface area contributed by atoms with Crippen LogP contribution in [0.15, 0.2) is 48.8 Å². The maximum Gasteiger partial charge on any atom is 0.293 e. The quantitative estimate of drug-likeness (QED) is 0.626. The first kappa shape index (κ1) is 21.5. The second-order valence-electron chi connectivity index (χ2n) is 8.04. The maximum atomic E-state index is 13.1. The fraction of sp³-hybridized carbons (Fsp3) is 0.348. The molecule has 2 unspecified atom stereocenters. The van der Waals surface area contributed by atoms with Gasteiger partial charge in [0.1, 0.15) is 12.0 Å². The molecule has 1 aromatic carbocycles. The van der Waals surface area contributed by atoms with Gasteiger partial charge >= 0.3 is 0 Å². The van der Waals surface area contributed by atoms with Gasteiger partial charge in [0.15, 0.2) is 0 Å². The van der Waals surface area contributed by atoms with Crippen molar-refractivity contribution < 1.29 is 14.3 Å². The largest absolute Gasteiger partial charge is 0.481 e. The molecule has 9 nitrogen and oxygen atoms in total. The lowest BCUT2D eigenvalue weighted by molar-refractivity contribution is 0.0245. The van der Waals surface area contributed by atoms with Gasteiger partial charge in [-0.1, -0.05) is 18.2 Å². The van der Waals surface area contributed by atoms with Gasteiger partial charge in [-0.15, -0.1) is 5.10 Å². The van der Waals surface area contributed by atoms with E-state index in [4.69, 9.17) is 4.74 Å². The van der Waals surface area contributed by atoms with Gasteiger partial charge < -0.3 is 14.5 Å². The Hall–Kier alpha value is -3.75. The molecule has 0 aliphatic carbocycles. The van der Waals surface area contributed by atoms with Crippen LogP contribution >= 0.6 is 0 Å². The summed E-state index contributed by atoms with van der Waals surface area (Å²) in [6.45, 7) is 6.62. The van der Waals surface area contributed by atoms with Gasteiger partial charge in [0.2, 0.25) is 11.7 Å². The summed E-state index contributed by atoms with van der Waals surface area (Å²) in [5.41, 5.74) is 2.26. The summed E-state index contributed by atoms with van der Waals surface area (Å²) in [7, 11) is 1.51. The summed E-state index contributed by atoms with van der Waals surface area (Å²) in [4.78, 5) is 38.1. The van der Waals surface area contributed by atoms with E-state index in [2.05, 4.69) is 15.1 Å². The van der Waals surface area contributed by atoms with Crippen LogP contribution in [0, 0.1) is 6.92 Å². The average Bonchev–Trinajstić information content (AvgIpc) is 3.28. The van der Waals surface area contributed by atoms with E-state index in [-0.39, 0.29) is 29.7 Å². The third-order valence-corrected chi connectivity index (χ3v) is 5.54. The number of aromatic nitrogens is 4. The summed E-state index contributed by atoms with van der Waals surface area (Å²) < 4.78 is 6.73. The lowest BCUT2D eigenvalue weighted by Gasteiger charge is -2.44. The van der Waals surface area contributed by atoms with E-state index in [1.807, 2.05) is 45.0 Å². The Morgan fingerprint density at radius 3 is 2.44 bits per heavy atom. The summed E-state index contributed by atoms with van der Waals surface area (Å²) in [6.07, 6.45) is 1.54. The molecule has 0 saturated carbocycles. The van der Waals surface area contributed by atoms with Crippen LogP contribution in [0.2, 0.25) is 0 Å². The predicted molar refractivity (Wildman–Crippen MR) is 118 cm³/mol. The van der Waals surface area contributed by atoms with Crippen LogP contribution in [-0.2, 0) is 0 Å². The minimum Gasteiger partial charge on any atom is -0.481 e. The number of aryl methyl sites for hydroxylation is 1. The molecule has 4 rings (SSSR count). The molecular formula is C23H26N6O3. The molecule has 0 N–H and O–H groups in total. The molecule has 0 radical (unpaired) electrons. The summed E-state index contributed by atoms with van der Waals surface area (Å²) in [5, 5.41) is 4.38. The van der Waals surface area contributed by atoms with E-state index in [1.54, 1.807) is 39.0 Å². The zero-order chi connectivity index (χ0) is 22.8. The number of carbonyl (C=O) groups excluding carboxylic acids is 2. The van der Waals surface area contributed by atoms with Crippen molar-refractivity contribution in [3.63, 3.8) is 0 Å². The van der Waals surface area contributed by atoms with Gasteiger partial charge in [-0.2, -0.15) is 0 Å². The van der Waals surface area contributed by atoms with Crippen LogP contribution in [0.4, 0.5) is 0 Å². The van der Waals surface area contributed by atoms with Crippen molar-refractivity contribution in [3.05, 3.63) is 65.9 Å². The van der Waals surface area contributed by atoms with Gasteiger partial charge in [0.05, 0.1) is 12.8 Å². The van der Waals surface area contributed by atoms with Crippen LogP contribution in [0.1, 0.15) is 40.5 Å². The normalized spacial score (nSPS) is 18.5.